The van der Waals surface area contributed by atoms with E-state index in [0.717, 1.165) is 22.9 Å². The third kappa shape index (κ3) is 4.22. The Hall–Kier alpha value is -2.03. The Balaban J connectivity index is 2.01. The summed E-state index contributed by atoms with van der Waals surface area (Å²) >= 11 is 0. The fraction of sp³-hybridized carbons (Fsp3) is 0.389. The molecule has 0 aliphatic rings. The predicted molar refractivity (Wildman–Crippen MR) is 85.2 cm³/mol. The monoisotopic (exact) mass is 286 g/mol. The van der Waals surface area contributed by atoms with Gasteiger partial charge in [0.15, 0.2) is 0 Å². The lowest BCUT2D eigenvalue weighted by atomic mass is 10.1. The highest BCUT2D eigenvalue weighted by molar-refractivity contribution is 5.96. The van der Waals surface area contributed by atoms with Gasteiger partial charge in [0.2, 0.25) is 0 Å². The van der Waals surface area contributed by atoms with Crippen molar-refractivity contribution in [1.29, 1.82) is 0 Å². The molecule has 0 heterocycles. The van der Waals surface area contributed by atoms with Crippen molar-refractivity contribution in [3.63, 3.8) is 0 Å². The van der Waals surface area contributed by atoms with Crippen LogP contribution in [0.5, 0.6) is 5.75 Å². The van der Waals surface area contributed by atoms with E-state index in [1.165, 1.54) is 25.7 Å². The lowest BCUT2D eigenvalue weighted by Gasteiger charge is -2.09. The van der Waals surface area contributed by atoms with Crippen molar-refractivity contribution in [3.05, 3.63) is 42.0 Å². The number of ether oxygens (including phenoxy) is 1. The van der Waals surface area contributed by atoms with Gasteiger partial charge in [0.25, 0.3) is 0 Å². The number of aromatic carboxylic acids is 1. The third-order valence-electron chi connectivity index (χ3n) is 3.59. The summed E-state index contributed by atoms with van der Waals surface area (Å²) < 4.78 is 5.85. The van der Waals surface area contributed by atoms with Crippen molar-refractivity contribution >= 4 is 16.7 Å². The first kappa shape index (κ1) is 15.4. The Morgan fingerprint density at radius 2 is 1.90 bits per heavy atom. The maximum atomic E-state index is 11.0. The predicted octanol–water partition coefficient (Wildman–Crippen LogP) is 4.89. The van der Waals surface area contributed by atoms with E-state index in [1.54, 1.807) is 12.1 Å². The van der Waals surface area contributed by atoms with E-state index in [-0.39, 0.29) is 0 Å². The molecule has 0 spiro atoms. The normalized spacial score (nSPS) is 10.7. The summed E-state index contributed by atoms with van der Waals surface area (Å²) in [6.45, 7) is 2.92. The van der Waals surface area contributed by atoms with Gasteiger partial charge in [0, 0.05) is 5.39 Å². The molecular weight excluding hydrogens is 264 g/mol. The minimum atomic E-state index is -0.904. The molecule has 2 aromatic carbocycles. The molecule has 0 unspecified atom stereocenters. The van der Waals surface area contributed by atoms with Gasteiger partial charge in [-0.3, -0.25) is 0 Å². The number of fused-ring (bicyclic) bond motifs is 1. The van der Waals surface area contributed by atoms with E-state index >= 15 is 0 Å². The van der Waals surface area contributed by atoms with Crippen molar-refractivity contribution < 1.29 is 14.6 Å². The van der Waals surface area contributed by atoms with Crippen LogP contribution in [0.2, 0.25) is 0 Å². The van der Waals surface area contributed by atoms with Crippen LogP contribution in [-0.4, -0.2) is 17.7 Å². The SMILES string of the molecule is CCCCCCCOc1cccc2cc(C(=O)O)ccc12. The van der Waals surface area contributed by atoms with Crippen LogP contribution in [0.1, 0.15) is 49.4 Å². The molecule has 0 saturated heterocycles. The molecule has 0 radical (unpaired) electrons. The van der Waals surface area contributed by atoms with Crippen LogP contribution in [0, 0.1) is 0 Å². The van der Waals surface area contributed by atoms with Gasteiger partial charge in [-0.05, 0) is 36.1 Å². The molecule has 1 N–H and O–H groups in total. The Morgan fingerprint density at radius 1 is 1.10 bits per heavy atom. The lowest BCUT2D eigenvalue weighted by Crippen LogP contribution is -1.99. The highest BCUT2D eigenvalue weighted by atomic mass is 16.5. The first-order valence-corrected chi connectivity index (χ1v) is 7.61. The van der Waals surface area contributed by atoms with Crippen molar-refractivity contribution in [1.82, 2.24) is 0 Å². The Kier molecular flexibility index (Phi) is 5.61. The van der Waals surface area contributed by atoms with Crippen LogP contribution in [0.15, 0.2) is 36.4 Å². The van der Waals surface area contributed by atoms with E-state index in [0.29, 0.717) is 12.2 Å². The highest BCUT2D eigenvalue weighted by Gasteiger charge is 2.06. The number of carboxylic acid groups (broad SMARTS) is 1. The summed E-state index contributed by atoms with van der Waals surface area (Å²) in [4.78, 5) is 11.0. The highest BCUT2D eigenvalue weighted by Crippen LogP contribution is 2.26. The van der Waals surface area contributed by atoms with Crippen LogP contribution in [0.25, 0.3) is 10.8 Å². The summed E-state index contributed by atoms with van der Waals surface area (Å²) in [6, 6.07) is 10.9. The van der Waals surface area contributed by atoms with Crippen LogP contribution in [0.3, 0.4) is 0 Å². The van der Waals surface area contributed by atoms with E-state index in [1.807, 2.05) is 24.3 Å². The molecule has 0 bridgehead atoms. The smallest absolute Gasteiger partial charge is 0.335 e. The summed E-state index contributed by atoms with van der Waals surface area (Å²) in [5, 5.41) is 10.9. The Bertz CT molecular complexity index is 604. The molecule has 2 rings (SSSR count). The molecule has 0 aromatic heterocycles. The fourth-order valence-corrected chi connectivity index (χ4v) is 2.40. The molecule has 0 atom stereocenters. The first-order chi connectivity index (χ1) is 10.2. The number of rotatable bonds is 8. The minimum absolute atomic E-state index is 0.305. The van der Waals surface area contributed by atoms with Gasteiger partial charge in [-0.15, -0.1) is 0 Å². The summed E-state index contributed by atoms with van der Waals surface area (Å²) in [5.74, 6) is -0.0703. The fourth-order valence-electron chi connectivity index (χ4n) is 2.40. The first-order valence-electron chi connectivity index (χ1n) is 7.61. The van der Waals surface area contributed by atoms with Crippen LogP contribution >= 0.6 is 0 Å². The van der Waals surface area contributed by atoms with Gasteiger partial charge in [0.1, 0.15) is 5.75 Å². The summed E-state index contributed by atoms with van der Waals surface area (Å²) in [7, 11) is 0. The second-order valence-corrected chi connectivity index (χ2v) is 5.26. The van der Waals surface area contributed by atoms with Gasteiger partial charge in [0.05, 0.1) is 12.2 Å². The van der Waals surface area contributed by atoms with Crippen molar-refractivity contribution in [2.24, 2.45) is 0 Å². The molecule has 3 heteroatoms. The minimum Gasteiger partial charge on any atom is -0.493 e. The third-order valence-corrected chi connectivity index (χ3v) is 3.59. The molecule has 0 saturated carbocycles. The maximum absolute atomic E-state index is 11.0. The van der Waals surface area contributed by atoms with Gasteiger partial charge in [-0.25, -0.2) is 4.79 Å². The van der Waals surface area contributed by atoms with E-state index in [2.05, 4.69) is 6.92 Å². The molecule has 112 valence electrons. The van der Waals surface area contributed by atoms with Gasteiger partial charge in [-0.1, -0.05) is 44.7 Å². The van der Waals surface area contributed by atoms with Crippen LogP contribution in [0.4, 0.5) is 0 Å². The second kappa shape index (κ2) is 7.67. The average Bonchev–Trinajstić information content (AvgIpc) is 2.50. The molecule has 21 heavy (non-hydrogen) atoms. The largest absolute Gasteiger partial charge is 0.493 e. The number of hydrogen-bond acceptors (Lipinski definition) is 2. The van der Waals surface area contributed by atoms with Gasteiger partial charge < -0.3 is 9.84 Å². The standard InChI is InChI=1S/C18H22O3/c1-2-3-4-5-6-12-21-17-9-7-8-14-13-15(18(19)20)10-11-16(14)17/h7-11,13H,2-6,12H2,1H3,(H,19,20). The zero-order valence-electron chi connectivity index (χ0n) is 12.5. The number of carboxylic acids is 1. The van der Waals surface area contributed by atoms with Crippen LogP contribution < -0.4 is 4.74 Å². The molecule has 0 aliphatic carbocycles. The van der Waals surface area contributed by atoms with Crippen molar-refractivity contribution in [2.75, 3.05) is 6.61 Å². The Morgan fingerprint density at radius 3 is 2.67 bits per heavy atom. The molecule has 0 fully saturated rings. The van der Waals surface area contributed by atoms with E-state index in [4.69, 9.17) is 9.84 Å². The molecular formula is C18H22O3. The lowest BCUT2D eigenvalue weighted by molar-refractivity contribution is 0.0697. The van der Waals surface area contributed by atoms with E-state index < -0.39 is 5.97 Å². The molecule has 0 aliphatic heterocycles. The van der Waals surface area contributed by atoms with Crippen molar-refractivity contribution in [2.45, 2.75) is 39.0 Å². The number of carbonyl (C=O) groups is 1. The zero-order chi connectivity index (χ0) is 15.1. The quantitative estimate of drug-likeness (QED) is 0.703. The maximum Gasteiger partial charge on any atom is 0.335 e. The Labute approximate surface area is 125 Å². The second-order valence-electron chi connectivity index (χ2n) is 5.26. The number of benzene rings is 2. The summed E-state index contributed by atoms with van der Waals surface area (Å²) in [6.07, 6.45) is 6.05. The molecule has 3 nitrogen and oxygen atoms in total. The molecule has 0 amide bonds. The molecule has 2 aromatic rings. The zero-order valence-corrected chi connectivity index (χ0v) is 12.5. The topological polar surface area (TPSA) is 46.5 Å². The van der Waals surface area contributed by atoms with Gasteiger partial charge in [-0.2, -0.15) is 0 Å². The average molecular weight is 286 g/mol. The van der Waals surface area contributed by atoms with Crippen LogP contribution in [-0.2, 0) is 0 Å². The van der Waals surface area contributed by atoms with Crippen molar-refractivity contribution in [3.8, 4) is 5.75 Å². The summed E-state index contributed by atoms with van der Waals surface area (Å²) in [5.41, 5.74) is 0.305. The van der Waals surface area contributed by atoms with Gasteiger partial charge >= 0.3 is 5.97 Å². The number of unbranched alkanes of at least 4 members (excludes halogenated alkanes) is 4. The number of hydrogen-bond donors (Lipinski definition) is 1. The van der Waals surface area contributed by atoms with E-state index in [9.17, 15) is 4.79 Å².